The largest absolute Gasteiger partial charge is 0.461 e. The van der Waals surface area contributed by atoms with Crippen LogP contribution in [0, 0.1) is 12.7 Å². The van der Waals surface area contributed by atoms with Gasteiger partial charge in [0.1, 0.15) is 22.2 Å². The highest BCUT2D eigenvalue weighted by Gasteiger charge is 2.16. The number of benzene rings is 1. The number of nitrogens with one attached hydrogen (secondary N) is 1. The normalized spacial score (nSPS) is 11.0. The van der Waals surface area contributed by atoms with Crippen molar-refractivity contribution in [2.75, 3.05) is 6.61 Å². The summed E-state index contributed by atoms with van der Waals surface area (Å²) in [4.78, 5) is 18.9. The number of halogens is 1. The first kappa shape index (κ1) is 13.8. The molecule has 0 aliphatic carbocycles. The van der Waals surface area contributed by atoms with Crippen LogP contribution in [0.2, 0.25) is 0 Å². The Hall–Kier alpha value is -2.21. The molecule has 2 heterocycles. The van der Waals surface area contributed by atoms with Crippen molar-refractivity contribution in [2.24, 2.45) is 0 Å². The summed E-state index contributed by atoms with van der Waals surface area (Å²) in [5, 5.41) is 0.587. The molecule has 0 aliphatic rings. The van der Waals surface area contributed by atoms with Crippen molar-refractivity contribution in [1.29, 1.82) is 0 Å². The second-order valence-electron chi connectivity index (χ2n) is 4.62. The molecule has 0 unspecified atom stereocenters. The molecule has 0 saturated heterocycles. The van der Waals surface area contributed by atoms with Gasteiger partial charge in [-0.15, -0.1) is 11.3 Å². The van der Waals surface area contributed by atoms with Crippen LogP contribution in [0.15, 0.2) is 24.3 Å². The van der Waals surface area contributed by atoms with Gasteiger partial charge in [0.05, 0.1) is 11.3 Å². The Morgan fingerprint density at radius 3 is 2.90 bits per heavy atom. The molecule has 0 atom stereocenters. The third-order valence-corrected chi connectivity index (χ3v) is 4.07. The first-order valence-corrected chi connectivity index (χ1v) is 7.33. The molecular weight excluding hydrogens is 291 g/mol. The second kappa shape index (κ2) is 5.29. The number of nitrogens with zero attached hydrogens (tertiary/aromatic N) is 1. The van der Waals surface area contributed by atoms with Crippen LogP contribution in [0.5, 0.6) is 0 Å². The summed E-state index contributed by atoms with van der Waals surface area (Å²) in [6.45, 7) is 3.91. The number of hydrogen-bond acceptors (Lipinski definition) is 4. The Kier molecular flexibility index (Phi) is 3.47. The number of esters is 1. The lowest BCUT2D eigenvalue weighted by Gasteiger charge is -2.00. The van der Waals surface area contributed by atoms with E-state index in [9.17, 15) is 9.18 Å². The zero-order valence-corrected chi connectivity index (χ0v) is 12.4. The number of aryl methyl sites for hydroxylation is 1. The van der Waals surface area contributed by atoms with E-state index in [4.69, 9.17) is 4.74 Å². The second-order valence-corrected chi connectivity index (χ2v) is 5.65. The van der Waals surface area contributed by atoms with E-state index in [0.717, 1.165) is 10.3 Å². The molecule has 1 aromatic carbocycles. The lowest BCUT2D eigenvalue weighted by atomic mass is 10.1. The van der Waals surface area contributed by atoms with Crippen molar-refractivity contribution in [1.82, 2.24) is 9.97 Å². The van der Waals surface area contributed by atoms with E-state index < -0.39 is 5.97 Å². The highest BCUT2D eigenvalue weighted by Crippen LogP contribution is 2.32. The molecule has 4 nitrogen and oxygen atoms in total. The molecule has 0 aliphatic heterocycles. The molecular formula is C15H13FN2O2S. The van der Waals surface area contributed by atoms with E-state index in [1.807, 2.05) is 13.0 Å². The first-order chi connectivity index (χ1) is 10.1. The van der Waals surface area contributed by atoms with Gasteiger partial charge in [0.2, 0.25) is 0 Å². The van der Waals surface area contributed by atoms with Crippen LogP contribution in [-0.4, -0.2) is 22.5 Å². The molecule has 0 saturated carbocycles. The summed E-state index contributed by atoms with van der Waals surface area (Å²) < 4.78 is 19.7. The van der Waals surface area contributed by atoms with E-state index >= 15 is 0 Å². The Bertz CT molecular complexity index is 791. The van der Waals surface area contributed by atoms with Crippen LogP contribution in [0.25, 0.3) is 20.9 Å². The lowest BCUT2D eigenvalue weighted by Crippen LogP contribution is -2.04. The van der Waals surface area contributed by atoms with Gasteiger partial charge in [-0.2, -0.15) is 0 Å². The van der Waals surface area contributed by atoms with Crippen molar-refractivity contribution in [3.63, 3.8) is 0 Å². The van der Waals surface area contributed by atoms with Gasteiger partial charge in [-0.3, -0.25) is 0 Å². The smallest absolute Gasteiger partial charge is 0.354 e. The Morgan fingerprint density at radius 1 is 1.43 bits per heavy atom. The maximum absolute atomic E-state index is 14.0. The van der Waals surface area contributed by atoms with E-state index in [0.29, 0.717) is 28.5 Å². The summed E-state index contributed by atoms with van der Waals surface area (Å²) in [6.07, 6.45) is 0. The van der Waals surface area contributed by atoms with Gasteiger partial charge >= 0.3 is 5.97 Å². The summed E-state index contributed by atoms with van der Waals surface area (Å²) >= 11 is 1.34. The summed E-state index contributed by atoms with van der Waals surface area (Å²) in [6, 6.07) is 6.72. The highest BCUT2D eigenvalue weighted by molar-refractivity contribution is 7.21. The average Bonchev–Trinajstić information content (AvgIpc) is 2.97. The number of fused-ring (bicyclic) bond motifs is 1. The SMILES string of the molecule is CCOC(=O)c1cc2sc(-c3ccc(C)cc3F)nc2[nH]1. The van der Waals surface area contributed by atoms with Crippen LogP contribution < -0.4 is 0 Å². The number of rotatable bonds is 3. The Balaban J connectivity index is 1.99. The molecule has 3 aromatic rings. The maximum Gasteiger partial charge on any atom is 0.354 e. The average molecular weight is 304 g/mol. The number of carbonyl (C=O) groups excluding carboxylic acids is 1. The van der Waals surface area contributed by atoms with Gasteiger partial charge < -0.3 is 9.72 Å². The van der Waals surface area contributed by atoms with Crippen LogP contribution >= 0.6 is 11.3 Å². The minimum Gasteiger partial charge on any atom is -0.461 e. The Labute approximate surface area is 124 Å². The molecule has 108 valence electrons. The first-order valence-electron chi connectivity index (χ1n) is 6.51. The predicted molar refractivity (Wildman–Crippen MR) is 80.1 cm³/mol. The topological polar surface area (TPSA) is 55.0 Å². The van der Waals surface area contributed by atoms with Gasteiger partial charge in [0, 0.05) is 5.56 Å². The molecule has 0 spiro atoms. The third kappa shape index (κ3) is 2.54. The highest BCUT2D eigenvalue weighted by atomic mass is 32.1. The molecule has 0 fully saturated rings. The molecule has 0 amide bonds. The number of carbonyl (C=O) groups is 1. The molecule has 21 heavy (non-hydrogen) atoms. The van der Waals surface area contributed by atoms with Crippen LogP contribution in [-0.2, 0) is 4.74 Å². The van der Waals surface area contributed by atoms with Crippen molar-refractivity contribution in [2.45, 2.75) is 13.8 Å². The number of hydrogen-bond donors (Lipinski definition) is 1. The number of aromatic amines is 1. The van der Waals surface area contributed by atoms with Crippen LogP contribution in [0.1, 0.15) is 23.0 Å². The predicted octanol–water partition coefficient (Wildman–Crippen LogP) is 3.92. The van der Waals surface area contributed by atoms with E-state index in [2.05, 4.69) is 9.97 Å². The van der Waals surface area contributed by atoms with E-state index in [1.54, 1.807) is 19.1 Å². The Morgan fingerprint density at radius 2 is 2.24 bits per heavy atom. The fraction of sp³-hybridized carbons (Fsp3) is 0.200. The van der Waals surface area contributed by atoms with Crippen molar-refractivity contribution in [3.8, 4) is 10.6 Å². The van der Waals surface area contributed by atoms with Crippen LogP contribution in [0.4, 0.5) is 4.39 Å². The summed E-state index contributed by atoms with van der Waals surface area (Å²) in [7, 11) is 0. The molecule has 6 heteroatoms. The zero-order chi connectivity index (χ0) is 15.0. The minimum atomic E-state index is -0.411. The fourth-order valence-electron chi connectivity index (χ4n) is 2.04. The lowest BCUT2D eigenvalue weighted by molar-refractivity contribution is 0.0520. The zero-order valence-electron chi connectivity index (χ0n) is 11.6. The van der Waals surface area contributed by atoms with Gasteiger partial charge in [-0.1, -0.05) is 6.07 Å². The van der Waals surface area contributed by atoms with Gasteiger partial charge in [0.25, 0.3) is 0 Å². The van der Waals surface area contributed by atoms with E-state index in [1.165, 1.54) is 17.4 Å². The monoisotopic (exact) mass is 304 g/mol. The molecule has 2 aromatic heterocycles. The number of thiazole rings is 1. The van der Waals surface area contributed by atoms with E-state index in [-0.39, 0.29) is 5.82 Å². The molecule has 0 bridgehead atoms. The molecule has 3 rings (SSSR count). The van der Waals surface area contributed by atoms with Gasteiger partial charge in [0.15, 0.2) is 0 Å². The maximum atomic E-state index is 14.0. The van der Waals surface area contributed by atoms with Gasteiger partial charge in [-0.25, -0.2) is 14.2 Å². The van der Waals surface area contributed by atoms with Gasteiger partial charge in [-0.05, 0) is 37.6 Å². The number of H-pyrrole nitrogens is 1. The number of aromatic nitrogens is 2. The van der Waals surface area contributed by atoms with Crippen molar-refractivity contribution >= 4 is 27.7 Å². The van der Waals surface area contributed by atoms with Crippen molar-refractivity contribution < 1.29 is 13.9 Å². The van der Waals surface area contributed by atoms with Crippen molar-refractivity contribution in [3.05, 3.63) is 41.3 Å². The molecule has 1 N–H and O–H groups in total. The summed E-state index contributed by atoms with van der Waals surface area (Å²) in [5.41, 5.74) is 2.26. The van der Waals surface area contributed by atoms with Crippen LogP contribution in [0.3, 0.4) is 0 Å². The quantitative estimate of drug-likeness (QED) is 0.746. The standard InChI is InChI=1S/C15H13FN2O2S/c1-3-20-15(19)11-7-12-13(17-11)18-14(21-12)9-5-4-8(2)6-10(9)16/h4-7,17H,3H2,1-2H3. The minimum absolute atomic E-state index is 0.294. The fourth-order valence-corrected chi connectivity index (χ4v) is 3.03. The summed E-state index contributed by atoms with van der Waals surface area (Å²) in [5.74, 6) is -0.706. The molecule has 0 radical (unpaired) electrons. The third-order valence-electron chi connectivity index (χ3n) is 3.03. The number of ether oxygens (including phenoxy) is 1.